The van der Waals surface area contributed by atoms with Gasteiger partial charge in [0.15, 0.2) is 6.29 Å². The molecule has 0 amide bonds. The van der Waals surface area contributed by atoms with E-state index in [1.165, 1.54) is 4.90 Å². The SMILES string of the molecule is COC(OC)C(C)=Nc1cccc(SC)c1. The van der Waals surface area contributed by atoms with Gasteiger partial charge in [-0.1, -0.05) is 6.07 Å². The summed E-state index contributed by atoms with van der Waals surface area (Å²) in [4.78, 5) is 5.66. The van der Waals surface area contributed by atoms with Crippen LogP contribution in [0.1, 0.15) is 6.92 Å². The van der Waals surface area contributed by atoms with E-state index < -0.39 is 0 Å². The molecular weight excluding hydrogens is 222 g/mol. The lowest BCUT2D eigenvalue weighted by molar-refractivity contribution is -0.0522. The maximum absolute atomic E-state index is 5.13. The monoisotopic (exact) mass is 239 g/mol. The maximum Gasteiger partial charge on any atom is 0.196 e. The van der Waals surface area contributed by atoms with Crippen molar-refractivity contribution in [3.05, 3.63) is 24.3 Å². The van der Waals surface area contributed by atoms with Crippen LogP contribution < -0.4 is 0 Å². The van der Waals surface area contributed by atoms with Gasteiger partial charge in [-0.3, -0.25) is 4.99 Å². The van der Waals surface area contributed by atoms with E-state index in [9.17, 15) is 0 Å². The van der Waals surface area contributed by atoms with Gasteiger partial charge in [0.25, 0.3) is 0 Å². The Kier molecular flexibility index (Phi) is 5.52. The van der Waals surface area contributed by atoms with Gasteiger partial charge in [-0.15, -0.1) is 11.8 Å². The Hall–Kier alpha value is -0.840. The van der Waals surface area contributed by atoms with E-state index in [-0.39, 0.29) is 6.29 Å². The van der Waals surface area contributed by atoms with Crippen LogP contribution in [0.4, 0.5) is 5.69 Å². The Morgan fingerprint density at radius 3 is 2.56 bits per heavy atom. The van der Waals surface area contributed by atoms with E-state index in [1.807, 2.05) is 31.4 Å². The van der Waals surface area contributed by atoms with E-state index in [0.29, 0.717) is 0 Å². The highest BCUT2D eigenvalue weighted by Crippen LogP contribution is 2.21. The van der Waals surface area contributed by atoms with Crippen LogP contribution in [0, 0.1) is 0 Å². The van der Waals surface area contributed by atoms with Crippen molar-refractivity contribution < 1.29 is 9.47 Å². The summed E-state index contributed by atoms with van der Waals surface area (Å²) in [5.41, 5.74) is 1.73. The van der Waals surface area contributed by atoms with Gasteiger partial charge < -0.3 is 9.47 Å². The number of hydrogen-bond acceptors (Lipinski definition) is 4. The third-order valence-electron chi connectivity index (χ3n) is 2.13. The zero-order valence-electron chi connectivity index (χ0n) is 10.1. The van der Waals surface area contributed by atoms with Gasteiger partial charge in [0, 0.05) is 19.1 Å². The first-order valence-electron chi connectivity index (χ1n) is 4.96. The van der Waals surface area contributed by atoms with Gasteiger partial charge in [-0.2, -0.15) is 0 Å². The van der Waals surface area contributed by atoms with Crippen LogP contribution in [-0.2, 0) is 9.47 Å². The highest BCUT2D eigenvalue weighted by Gasteiger charge is 2.08. The molecule has 1 rings (SSSR count). The first kappa shape index (κ1) is 13.2. The number of methoxy groups -OCH3 is 2. The summed E-state index contributed by atoms with van der Waals surface area (Å²) in [6, 6.07) is 8.05. The fourth-order valence-electron chi connectivity index (χ4n) is 1.37. The quantitative estimate of drug-likeness (QED) is 0.449. The Bertz CT molecular complexity index is 362. The number of nitrogens with zero attached hydrogens (tertiary/aromatic N) is 1. The Balaban J connectivity index is 2.88. The lowest BCUT2D eigenvalue weighted by Crippen LogP contribution is -2.21. The normalized spacial score (nSPS) is 12.2. The van der Waals surface area contributed by atoms with Crippen molar-refractivity contribution in [2.24, 2.45) is 4.99 Å². The molecule has 1 aromatic rings. The first-order chi connectivity index (χ1) is 7.71. The summed E-state index contributed by atoms with van der Waals surface area (Å²) in [6.45, 7) is 1.89. The average Bonchev–Trinajstić information content (AvgIpc) is 2.31. The van der Waals surface area contributed by atoms with Gasteiger partial charge in [0.2, 0.25) is 0 Å². The summed E-state index contributed by atoms with van der Waals surface area (Å²) in [7, 11) is 3.21. The standard InChI is InChI=1S/C12H17NO2S/c1-9(12(14-2)15-3)13-10-6-5-7-11(8-10)16-4/h5-8,12H,1-4H3. The second-order valence-corrected chi connectivity index (χ2v) is 4.14. The van der Waals surface area contributed by atoms with E-state index in [0.717, 1.165) is 11.4 Å². The van der Waals surface area contributed by atoms with E-state index in [4.69, 9.17) is 9.47 Å². The molecule has 0 aliphatic carbocycles. The Morgan fingerprint density at radius 2 is 2.00 bits per heavy atom. The summed E-state index contributed by atoms with van der Waals surface area (Å²) in [5, 5.41) is 0. The smallest absolute Gasteiger partial charge is 0.196 e. The third-order valence-corrected chi connectivity index (χ3v) is 2.85. The molecule has 0 saturated carbocycles. The van der Waals surface area contributed by atoms with Gasteiger partial charge in [0.1, 0.15) is 0 Å². The van der Waals surface area contributed by atoms with Gasteiger partial charge in [-0.25, -0.2) is 0 Å². The van der Waals surface area contributed by atoms with Crippen molar-refractivity contribution in [3.8, 4) is 0 Å². The predicted octanol–water partition coefficient (Wildman–Crippen LogP) is 3.12. The van der Waals surface area contributed by atoms with Crippen LogP contribution >= 0.6 is 11.8 Å². The summed E-state index contributed by atoms with van der Waals surface area (Å²) < 4.78 is 10.3. The van der Waals surface area contributed by atoms with Crippen LogP contribution in [0.5, 0.6) is 0 Å². The molecule has 0 atom stereocenters. The highest BCUT2D eigenvalue weighted by molar-refractivity contribution is 7.98. The molecule has 0 aromatic heterocycles. The summed E-state index contributed by atoms with van der Waals surface area (Å²) >= 11 is 1.70. The molecule has 0 aliphatic rings. The Labute approximate surface area is 101 Å². The van der Waals surface area contributed by atoms with Gasteiger partial charge in [0.05, 0.1) is 11.4 Å². The molecule has 0 unspecified atom stereocenters. The maximum atomic E-state index is 5.13. The van der Waals surface area contributed by atoms with Crippen LogP contribution in [0.3, 0.4) is 0 Å². The van der Waals surface area contributed by atoms with Crippen LogP contribution in [0.25, 0.3) is 0 Å². The molecule has 4 heteroatoms. The van der Waals surface area contributed by atoms with Gasteiger partial charge in [-0.05, 0) is 31.4 Å². The molecule has 1 aromatic carbocycles. The average molecular weight is 239 g/mol. The largest absolute Gasteiger partial charge is 0.351 e. The third kappa shape index (κ3) is 3.63. The molecule has 0 radical (unpaired) electrons. The fraction of sp³-hybridized carbons (Fsp3) is 0.417. The Morgan fingerprint density at radius 1 is 1.31 bits per heavy atom. The predicted molar refractivity (Wildman–Crippen MR) is 68.8 cm³/mol. The molecule has 0 heterocycles. The van der Waals surface area contributed by atoms with Crippen molar-refractivity contribution in [2.45, 2.75) is 18.1 Å². The van der Waals surface area contributed by atoms with Crippen LogP contribution in [-0.4, -0.2) is 32.5 Å². The summed E-state index contributed by atoms with van der Waals surface area (Å²) in [6.07, 6.45) is 1.67. The van der Waals surface area contributed by atoms with E-state index in [2.05, 4.69) is 11.1 Å². The van der Waals surface area contributed by atoms with Crippen molar-refractivity contribution in [2.75, 3.05) is 20.5 Å². The molecule has 16 heavy (non-hydrogen) atoms. The van der Waals surface area contributed by atoms with Crippen LogP contribution in [0.15, 0.2) is 34.2 Å². The lowest BCUT2D eigenvalue weighted by atomic mass is 10.3. The molecule has 0 aliphatic heterocycles. The number of ether oxygens (including phenoxy) is 2. The molecule has 0 bridgehead atoms. The van der Waals surface area contributed by atoms with Crippen molar-refractivity contribution in [1.82, 2.24) is 0 Å². The lowest BCUT2D eigenvalue weighted by Gasteiger charge is -2.12. The molecule has 88 valence electrons. The minimum absolute atomic E-state index is 0.377. The van der Waals surface area contributed by atoms with Crippen LogP contribution in [0.2, 0.25) is 0 Å². The molecule has 0 fully saturated rings. The number of hydrogen-bond donors (Lipinski definition) is 0. The van der Waals surface area contributed by atoms with E-state index in [1.54, 1.807) is 26.0 Å². The number of benzene rings is 1. The second-order valence-electron chi connectivity index (χ2n) is 3.26. The molecule has 0 N–H and O–H groups in total. The molecule has 0 spiro atoms. The fourth-order valence-corrected chi connectivity index (χ4v) is 1.83. The molecule has 3 nitrogen and oxygen atoms in total. The zero-order chi connectivity index (χ0) is 12.0. The van der Waals surface area contributed by atoms with Crippen molar-refractivity contribution >= 4 is 23.2 Å². The second kappa shape index (κ2) is 6.68. The van der Waals surface area contributed by atoms with Gasteiger partial charge >= 0.3 is 0 Å². The highest BCUT2D eigenvalue weighted by atomic mass is 32.2. The zero-order valence-corrected chi connectivity index (χ0v) is 10.9. The molecular formula is C12H17NO2S. The minimum atomic E-state index is -0.377. The summed E-state index contributed by atoms with van der Waals surface area (Å²) in [5.74, 6) is 0. The minimum Gasteiger partial charge on any atom is -0.351 e. The van der Waals surface area contributed by atoms with E-state index >= 15 is 0 Å². The number of aliphatic imine (C=N–C) groups is 1. The topological polar surface area (TPSA) is 30.8 Å². The molecule has 0 saturated heterocycles. The van der Waals surface area contributed by atoms with Crippen molar-refractivity contribution in [3.63, 3.8) is 0 Å². The first-order valence-corrected chi connectivity index (χ1v) is 6.18. The number of thioether (sulfide) groups is 1. The van der Waals surface area contributed by atoms with Crippen molar-refractivity contribution in [1.29, 1.82) is 0 Å². The number of rotatable bonds is 5.